The third-order valence-electron chi connectivity index (χ3n) is 3.40. The standard InChI is InChI=1S/C18H13N3O/c1-2-6-14(7-3-1)22-16-9-5-4-8-15(16)18-20-12-13-10-11-19-17(13)21-18/h1-12H,(H,19,20,21). The summed E-state index contributed by atoms with van der Waals surface area (Å²) in [7, 11) is 0. The van der Waals surface area contributed by atoms with E-state index in [1.807, 2.05) is 73.1 Å². The molecule has 0 atom stereocenters. The molecule has 0 bridgehead atoms. The lowest BCUT2D eigenvalue weighted by Gasteiger charge is -2.10. The Morgan fingerprint density at radius 3 is 2.59 bits per heavy atom. The molecule has 4 aromatic rings. The van der Waals surface area contributed by atoms with E-state index >= 15 is 0 Å². The number of rotatable bonds is 3. The monoisotopic (exact) mass is 287 g/mol. The number of para-hydroxylation sites is 2. The minimum absolute atomic E-state index is 0.640. The van der Waals surface area contributed by atoms with Crippen LogP contribution in [0.4, 0.5) is 0 Å². The van der Waals surface area contributed by atoms with Crippen LogP contribution in [-0.4, -0.2) is 15.0 Å². The van der Waals surface area contributed by atoms with Gasteiger partial charge in [-0.15, -0.1) is 0 Å². The second-order valence-electron chi connectivity index (χ2n) is 4.89. The van der Waals surface area contributed by atoms with Crippen LogP contribution in [0.3, 0.4) is 0 Å². The first kappa shape index (κ1) is 12.6. The van der Waals surface area contributed by atoms with E-state index in [1.165, 1.54) is 0 Å². The SMILES string of the molecule is c1ccc(Oc2ccccc2-c2ncc3cc[nH]c3n2)cc1. The molecular formula is C18H13N3O. The second kappa shape index (κ2) is 5.33. The lowest BCUT2D eigenvalue weighted by atomic mass is 10.2. The molecule has 0 aliphatic rings. The number of hydrogen-bond donors (Lipinski definition) is 1. The number of nitrogens with zero attached hydrogens (tertiary/aromatic N) is 2. The summed E-state index contributed by atoms with van der Waals surface area (Å²) in [6.07, 6.45) is 3.67. The van der Waals surface area contributed by atoms with Crippen molar-refractivity contribution in [3.63, 3.8) is 0 Å². The van der Waals surface area contributed by atoms with Crippen molar-refractivity contribution in [3.05, 3.63) is 73.1 Å². The molecule has 4 rings (SSSR count). The molecule has 4 heteroatoms. The Bertz CT molecular complexity index is 916. The summed E-state index contributed by atoms with van der Waals surface area (Å²) in [6, 6.07) is 19.4. The Hall–Kier alpha value is -3.14. The molecule has 1 N–H and O–H groups in total. The Morgan fingerprint density at radius 2 is 1.68 bits per heavy atom. The predicted octanol–water partition coefficient (Wildman–Crippen LogP) is 4.42. The van der Waals surface area contributed by atoms with E-state index in [-0.39, 0.29) is 0 Å². The van der Waals surface area contributed by atoms with Gasteiger partial charge in [-0.05, 0) is 30.3 Å². The number of aromatic nitrogens is 3. The van der Waals surface area contributed by atoms with Gasteiger partial charge in [-0.1, -0.05) is 30.3 Å². The highest BCUT2D eigenvalue weighted by atomic mass is 16.5. The van der Waals surface area contributed by atoms with Gasteiger partial charge >= 0.3 is 0 Å². The van der Waals surface area contributed by atoms with Crippen LogP contribution >= 0.6 is 0 Å². The highest BCUT2D eigenvalue weighted by molar-refractivity contribution is 5.77. The van der Waals surface area contributed by atoms with E-state index in [0.29, 0.717) is 5.82 Å². The molecule has 106 valence electrons. The van der Waals surface area contributed by atoms with Gasteiger partial charge in [0.1, 0.15) is 17.1 Å². The number of hydrogen-bond acceptors (Lipinski definition) is 3. The molecule has 0 aliphatic carbocycles. The molecule has 0 spiro atoms. The van der Waals surface area contributed by atoms with Crippen LogP contribution in [0.5, 0.6) is 11.5 Å². The summed E-state index contributed by atoms with van der Waals surface area (Å²) >= 11 is 0. The second-order valence-corrected chi connectivity index (χ2v) is 4.89. The fourth-order valence-electron chi connectivity index (χ4n) is 2.32. The van der Waals surface area contributed by atoms with E-state index in [0.717, 1.165) is 28.1 Å². The topological polar surface area (TPSA) is 50.8 Å². The van der Waals surface area contributed by atoms with Crippen LogP contribution in [0.25, 0.3) is 22.4 Å². The summed E-state index contributed by atoms with van der Waals surface area (Å²) in [4.78, 5) is 12.1. The van der Waals surface area contributed by atoms with Crippen LogP contribution < -0.4 is 4.74 Å². The number of ether oxygens (including phenoxy) is 1. The van der Waals surface area contributed by atoms with Gasteiger partial charge in [0, 0.05) is 17.8 Å². The summed E-state index contributed by atoms with van der Waals surface area (Å²) in [5.41, 5.74) is 1.68. The lowest BCUT2D eigenvalue weighted by Crippen LogP contribution is -1.93. The zero-order valence-corrected chi connectivity index (χ0v) is 11.7. The van der Waals surface area contributed by atoms with Crippen LogP contribution in [0.1, 0.15) is 0 Å². The van der Waals surface area contributed by atoms with E-state index in [4.69, 9.17) is 4.74 Å². The third kappa shape index (κ3) is 2.31. The normalized spacial score (nSPS) is 10.7. The van der Waals surface area contributed by atoms with Crippen LogP contribution in [0.15, 0.2) is 73.1 Å². The van der Waals surface area contributed by atoms with Gasteiger partial charge in [0.05, 0.1) is 5.56 Å². The van der Waals surface area contributed by atoms with Gasteiger partial charge < -0.3 is 9.72 Å². The fraction of sp³-hybridized carbons (Fsp3) is 0. The zero-order valence-electron chi connectivity index (χ0n) is 11.7. The Balaban J connectivity index is 1.78. The fourth-order valence-corrected chi connectivity index (χ4v) is 2.32. The maximum absolute atomic E-state index is 5.97. The van der Waals surface area contributed by atoms with Gasteiger partial charge in [0.2, 0.25) is 0 Å². The number of nitrogens with one attached hydrogen (secondary N) is 1. The molecule has 0 amide bonds. The minimum Gasteiger partial charge on any atom is -0.457 e. The number of fused-ring (bicyclic) bond motifs is 1. The predicted molar refractivity (Wildman–Crippen MR) is 85.8 cm³/mol. The lowest BCUT2D eigenvalue weighted by molar-refractivity contribution is 0.484. The highest BCUT2D eigenvalue weighted by Crippen LogP contribution is 2.31. The molecule has 4 nitrogen and oxygen atoms in total. The van der Waals surface area contributed by atoms with Crippen molar-refractivity contribution in [1.29, 1.82) is 0 Å². The van der Waals surface area contributed by atoms with Gasteiger partial charge in [-0.3, -0.25) is 0 Å². The van der Waals surface area contributed by atoms with Gasteiger partial charge in [-0.2, -0.15) is 0 Å². The van der Waals surface area contributed by atoms with E-state index in [1.54, 1.807) is 0 Å². The number of aromatic amines is 1. The Morgan fingerprint density at radius 1 is 0.864 bits per heavy atom. The number of benzene rings is 2. The van der Waals surface area contributed by atoms with Crippen LogP contribution in [-0.2, 0) is 0 Å². The van der Waals surface area contributed by atoms with Gasteiger partial charge in [0.25, 0.3) is 0 Å². The van der Waals surface area contributed by atoms with E-state index < -0.39 is 0 Å². The van der Waals surface area contributed by atoms with Crippen molar-refractivity contribution in [2.75, 3.05) is 0 Å². The van der Waals surface area contributed by atoms with Gasteiger partial charge in [0.15, 0.2) is 5.82 Å². The summed E-state index contributed by atoms with van der Waals surface area (Å²) < 4.78 is 5.97. The highest BCUT2D eigenvalue weighted by Gasteiger charge is 2.10. The largest absolute Gasteiger partial charge is 0.457 e. The summed E-state index contributed by atoms with van der Waals surface area (Å²) in [5, 5.41) is 0.991. The molecule has 0 saturated carbocycles. The number of H-pyrrole nitrogens is 1. The maximum Gasteiger partial charge on any atom is 0.165 e. The molecular weight excluding hydrogens is 274 g/mol. The molecule has 0 unspecified atom stereocenters. The molecule has 2 aromatic carbocycles. The Labute approximate surface area is 127 Å². The van der Waals surface area contributed by atoms with Crippen molar-refractivity contribution in [1.82, 2.24) is 15.0 Å². The minimum atomic E-state index is 0.640. The maximum atomic E-state index is 5.97. The van der Waals surface area contributed by atoms with Crippen molar-refractivity contribution in [2.45, 2.75) is 0 Å². The van der Waals surface area contributed by atoms with Crippen LogP contribution in [0.2, 0.25) is 0 Å². The van der Waals surface area contributed by atoms with E-state index in [9.17, 15) is 0 Å². The van der Waals surface area contributed by atoms with Crippen LogP contribution in [0, 0.1) is 0 Å². The molecule has 22 heavy (non-hydrogen) atoms. The summed E-state index contributed by atoms with van der Waals surface area (Å²) in [5.74, 6) is 2.16. The Kier molecular flexibility index (Phi) is 3.05. The molecule has 0 aliphatic heterocycles. The zero-order chi connectivity index (χ0) is 14.8. The third-order valence-corrected chi connectivity index (χ3v) is 3.40. The average molecular weight is 287 g/mol. The molecule has 0 radical (unpaired) electrons. The molecule has 2 aromatic heterocycles. The van der Waals surface area contributed by atoms with Crippen molar-refractivity contribution in [2.24, 2.45) is 0 Å². The van der Waals surface area contributed by atoms with Crippen molar-refractivity contribution < 1.29 is 4.74 Å². The smallest absolute Gasteiger partial charge is 0.165 e. The molecule has 0 saturated heterocycles. The quantitative estimate of drug-likeness (QED) is 0.607. The van der Waals surface area contributed by atoms with Crippen molar-refractivity contribution in [3.8, 4) is 22.9 Å². The molecule has 2 heterocycles. The van der Waals surface area contributed by atoms with E-state index in [2.05, 4.69) is 15.0 Å². The average Bonchev–Trinajstić information content (AvgIpc) is 3.04. The first-order valence-corrected chi connectivity index (χ1v) is 7.02. The summed E-state index contributed by atoms with van der Waals surface area (Å²) in [6.45, 7) is 0. The van der Waals surface area contributed by atoms with Gasteiger partial charge in [-0.25, -0.2) is 9.97 Å². The molecule has 0 fully saturated rings. The first-order valence-electron chi connectivity index (χ1n) is 7.02. The first-order chi connectivity index (χ1) is 10.9. The van der Waals surface area contributed by atoms with Crippen molar-refractivity contribution >= 4 is 11.0 Å².